The Labute approximate surface area is 459 Å². The van der Waals surface area contributed by atoms with Crippen molar-refractivity contribution in [3.05, 3.63) is 235 Å². The lowest BCUT2D eigenvalue weighted by atomic mass is 9.85. The third kappa shape index (κ3) is 7.76. The van der Waals surface area contributed by atoms with Crippen LogP contribution in [0.3, 0.4) is 0 Å². The lowest BCUT2D eigenvalue weighted by Crippen LogP contribution is -2.32. The highest BCUT2D eigenvalue weighted by Crippen LogP contribution is 2.47. The lowest BCUT2D eigenvalue weighted by Gasteiger charge is -2.20. The van der Waals surface area contributed by atoms with E-state index in [1.807, 2.05) is 97.2 Å². The van der Waals surface area contributed by atoms with Gasteiger partial charge in [0, 0.05) is 31.3 Å². The van der Waals surface area contributed by atoms with E-state index in [1.54, 1.807) is 33.4 Å². The maximum Gasteiger partial charge on any atom is 0.269 e. The van der Waals surface area contributed by atoms with Crippen LogP contribution in [0.5, 0.6) is 11.5 Å². The fourth-order valence-corrected chi connectivity index (χ4v) is 10.6. The highest BCUT2D eigenvalue weighted by molar-refractivity contribution is 6.09. The molecule has 0 atom stereocenters. The zero-order valence-electron chi connectivity index (χ0n) is 56.2. The van der Waals surface area contributed by atoms with Gasteiger partial charge in [-0.15, -0.1) is 0 Å². The number of pyridine rings is 1. The highest BCUT2D eigenvalue weighted by Gasteiger charge is 2.28. The molecule has 0 amide bonds. The van der Waals surface area contributed by atoms with Crippen molar-refractivity contribution < 1.29 is 28.5 Å². The Balaban J connectivity index is 1.15. The van der Waals surface area contributed by atoms with Crippen LogP contribution in [0.15, 0.2) is 206 Å². The number of hydrogen-bond donors (Lipinski definition) is 0. The van der Waals surface area contributed by atoms with Crippen molar-refractivity contribution >= 4 is 32.8 Å². The number of nitrogens with zero attached hydrogens (tertiary/aromatic N) is 4. The van der Waals surface area contributed by atoms with Crippen LogP contribution in [0, 0.1) is 20.0 Å². The molecule has 3 aromatic heterocycles. The predicted molar refractivity (Wildman–Crippen MR) is 310 cm³/mol. The molecular weight excluding hydrogens is 913 g/mol. The number of fused-ring (bicyclic) bond motifs is 10. The summed E-state index contributed by atoms with van der Waals surface area (Å²) in [5.41, 5.74) is 4.90. The Morgan fingerprint density at radius 3 is 1.88 bits per heavy atom. The first-order valence-corrected chi connectivity index (χ1v) is 25.0. The van der Waals surface area contributed by atoms with Crippen LogP contribution in [-0.4, -0.2) is 14.1 Å². The minimum Gasteiger partial charge on any atom is -0.458 e. The normalized spacial score (nSPS) is 15.3. The van der Waals surface area contributed by atoms with Crippen molar-refractivity contribution in [1.82, 2.24) is 14.1 Å². The van der Waals surface area contributed by atoms with E-state index in [1.165, 1.54) is 18.2 Å². The van der Waals surface area contributed by atoms with Gasteiger partial charge in [-0.1, -0.05) is 181 Å². The molecule has 0 aliphatic carbocycles. The van der Waals surface area contributed by atoms with E-state index < -0.39 is 62.0 Å². The van der Waals surface area contributed by atoms with Gasteiger partial charge in [-0.3, -0.25) is 13.7 Å². The SMILES string of the molecule is [2H]c1c([2H])c([2H])c2c(c1[2H])-c1cccc(-c3c(C([2H])([2H])[2H])cccc3C([2H])([2H])[2H])c1-[n+]1[c-]n(-c3cccc(Oc4ccc5c6ccccc6n(-c6cc(C(C)(C)C)ccn6)c5c4)c3)c3cc(-c4ccc(C(C)(C)C)cc4)cc(c31)-c1c([2H])c([2H])c([2H])c([2H])c1-2. The number of aryl methyl sites for hydroxylation is 2. The molecule has 9 aromatic carbocycles. The molecule has 13 rings (SSSR count). The van der Waals surface area contributed by atoms with Gasteiger partial charge in [0.1, 0.15) is 17.3 Å². The third-order valence-electron chi connectivity index (χ3n) is 14.4. The summed E-state index contributed by atoms with van der Waals surface area (Å²) in [6, 6.07) is 41.1. The molecule has 364 valence electrons. The Bertz CT molecular complexity index is 4930. The second-order valence-corrected chi connectivity index (χ2v) is 21.2. The van der Waals surface area contributed by atoms with Gasteiger partial charge in [0.2, 0.25) is 0 Å². The summed E-state index contributed by atoms with van der Waals surface area (Å²) in [5.74, 6) is 1.67. The zero-order valence-corrected chi connectivity index (χ0v) is 42.2. The second kappa shape index (κ2) is 17.4. The maximum absolute atomic E-state index is 9.95. The van der Waals surface area contributed by atoms with E-state index in [4.69, 9.17) is 19.3 Å². The molecule has 0 bridgehead atoms. The molecule has 0 unspecified atom stereocenters. The summed E-state index contributed by atoms with van der Waals surface area (Å²) in [4.78, 5) is 4.87. The van der Waals surface area contributed by atoms with Gasteiger partial charge in [0.15, 0.2) is 0 Å². The molecule has 5 heteroatoms. The van der Waals surface area contributed by atoms with Crippen LogP contribution in [0.4, 0.5) is 0 Å². The average Bonchev–Trinajstić information content (AvgIpc) is 1.63. The first kappa shape index (κ1) is 33.1. The van der Waals surface area contributed by atoms with Crippen LogP contribution in [0.2, 0.25) is 0 Å². The van der Waals surface area contributed by atoms with E-state index in [0.717, 1.165) is 44.3 Å². The molecule has 1 aliphatic rings. The molecule has 0 N–H and O–H groups in total. The van der Waals surface area contributed by atoms with Crippen molar-refractivity contribution in [3.8, 4) is 84.3 Å². The van der Waals surface area contributed by atoms with E-state index in [0.29, 0.717) is 28.3 Å². The van der Waals surface area contributed by atoms with E-state index >= 15 is 0 Å². The molecular formula is C70H58N4O. The van der Waals surface area contributed by atoms with Gasteiger partial charge in [0.25, 0.3) is 6.33 Å². The minimum atomic E-state index is -2.90. The molecule has 0 saturated heterocycles. The van der Waals surface area contributed by atoms with Crippen LogP contribution in [-0.2, 0) is 10.8 Å². The van der Waals surface area contributed by atoms with Crippen molar-refractivity contribution in [1.29, 1.82) is 0 Å². The fraction of sp³-hybridized carbons (Fsp3) is 0.143. The summed E-state index contributed by atoms with van der Waals surface area (Å²) in [7, 11) is 0. The molecule has 75 heavy (non-hydrogen) atoms. The standard InChI is InChI=1S/C70H58N4O/c1-44-18-15-19-45(2)66(44)60-28-17-27-59-55-24-11-9-22-53(55)54-23-10-12-25-56(54)61-38-47(46-30-32-48(33-31-46)69(3,4)5)39-64-68(61)73(67(59)60)43-72(64)50-20-16-21-51(41-50)75-52-34-35-58-57-26-13-14-29-62(57)74(63(58)42-52)65-40-49(36-37-71-65)70(6,7)8/h9-42H,1-8H3/i1D3,2D3,9D,10D,11D,12D,22D,23D,24D,25D. The Kier molecular flexibility index (Phi) is 7.69. The van der Waals surface area contributed by atoms with Gasteiger partial charge < -0.3 is 4.74 Å². The fourth-order valence-electron chi connectivity index (χ4n) is 10.6. The molecule has 4 heterocycles. The first-order chi connectivity index (χ1) is 42.0. The van der Waals surface area contributed by atoms with Crippen molar-refractivity contribution in [2.45, 2.75) is 66.1 Å². The van der Waals surface area contributed by atoms with Crippen molar-refractivity contribution in [2.24, 2.45) is 0 Å². The molecule has 5 nitrogen and oxygen atoms in total. The van der Waals surface area contributed by atoms with E-state index in [9.17, 15) is 9.60 Å². The summed E-state index contributed by atoms with van der Waals surface area (Å²) in [5, 5.41) is 2.03. The summed E-state index contributed by atoms with van der Waals surface area (Å²) in [6.07, 6.45) is 5.42. The monoisotopic (exact) mass is 985 g/mol. The van der Waals surface area contributed by atoms with E-state index in [-0.39, 0.29) is 77.7 Å². The topological polar surface area (TPSA) is 35.9 Å². The van der Waals surface area contributed by atoms with Gasteiger partial charge >= 0.3 is 0 Å². The van der Waals surface area contributed by atoms with Crippen LogP contribution in [0.25, 0.3) is 106 Å². The lowest BCUT2D eigenvalue weighted by molar-refractivity contribution is -0.570. The maximum atomic E-state index is 9.95. The molecule has 1 aliphatic heterocycles. The third-order valence-corrected chi connectivity index (χ3v) is 14.4. The molecule has 0 saturated carbocycles. The van der Waals surface area contributed by atoms with Gasteiger partial charge in [-0.05, 0) is 157 Å². The van der Waals surface area contributed by atoms with Crippen LogP contribution < -0.4 is 9.30 Å². The number of rotatable bonds is 6. The molecule has 12 aromatic rings. The Hall–Kier alpha value is -8.80. The minimum absolute atomic E-state index is 0.0440. The predicted octanol–water partition coefficient (Wildman–Crippen LogP) is 17.9. The number of aromatic nitrogens is 4. The largest absolute Gasteiger partial charge is 0.458 e. The Morgan fingerprint density at radius 1 is 0.520 bits per heavy atom. The van der Waals surface area contributed by atoms with Crippen LogP contribution >= 0.6 is 0 Å². The van der Waals surface area contributed by atoms with E-state index in [2.05, 4.69) is 70.6 Å². The quantitative estimate of drug-likeness (QED) is 0.123. The van der Waals surface area contributed by atoms with Crippen molar-refractivity contribution in [2.75, 3.05) is 0 Å². The summed E-state index contributed by atoms with van der Waals surface area (Å²) >= 11 is 0. The number of imidazole rings is 1. The summed E-state index contributed by atoms with van der Waals surface area (Å²) < 4.78 is 142. The first-order valence-electron chi connectivity index (χ1n) is 32.0. The smallest absolute Gasteiger partial charge is 0.269 e. The van der Waals surface area contributed by atoms with Gasteiger partial charge in [0.05, 0.1) is 44.4 Å². The number of ether oxygens (including phenoxy) is 1. The second-order valence-electron chi connectivity index (χ2n) is 21.2. The molecule has 0 spiro atoms. The highest BCUT2D eigenvalue weighted by atomic mass is 16.5. The Morgan fingerprint density at radius 2 is 1.16 bits per heavy atom. The number of hydrogen-bond acceptors (Lipinski definition) is 2. The number of benzene rings is 9. The summed E-state index contributed by atoms with van der Waals surface area (Å²) in [6.45, 7) is 7.02. The van der Waals surface area contributed by atoms with Gasteiger partial charge in [-0.25, -0.2) is 4.98 Å². The number of para-hydroxylation sites is 2. The van der Waals surface area contributed by atoms with Gasteiger partial charge in [-0.2, -0.15) is 0 Å². The van der Waals surface area contributed by atoms with Crippen LogP contribution in [0.1, 0.15) is 83.0 Å². The molecule has 0 fully saturated rings. The zero-order chi connectivity index (χ0) is 63.3. The molecule has 0 radical (unpaired) electrons. The average molecular weight is 985 g/mol. The van der Waals surface area contributed by atoms with Crippen molar-refractivity contribution in [3.63, 3.8) is 0 Å².